The van der Waals surface area contributed by atoms with Crippen molar-refractivity contribution in [2.75, 3.05) is 0 Å². The third-order valence-corrected chi connectivity index (χ3v) is 3.95. The summed E-state index contributed by atoms with van der Waals surface area (Å²) in [6.45, 7) is 1.86. The molecule has 0 aliphatic heterocycles. The van der Waals surface area contributed by atoms with Gasteiger partial charge in [0.2, 0.25) is 5.88 Å². The predicted octanol–water partition coefficient (Wildman–Crippen LogP) is 2.95. The fourth-order valence-electron chi connectivity index (χ4n) is 2.90. The van der Waals surface area contributed by atoms with Crippen molar-refractivity contribution in [2.24, 2.45) is 7.05 Å². The van der Waals surface area contributed by atoms with E-state index in [2.05, 4.69) is 27.2 Å². The van der Waals surface area contributed by atoms with Crippen molar-refractivity contribution >= 4 is 11.0 Å². The van der Waals surface area contributed by atoms with Crippen molar-refractivity contribution in [3.8, 4) is 11.6 Å². The number of hydrogen-bond donors (Lipinski definition) is 0. The molecule has 2 aromatic heterocycles. The highest BCUT2D eigenvalue weighted by atomic mass is 16.5. The quantitative estimate of drug-likeness (QED) is 0.724. The van der Waals surface area contributed by atoms with Gasteiger partial charge in [-0.2, -0.15) is 10.1 Å². The Balaban J connectivity index is 1.77. The molecule has 0 N–H and O–H groups in total. The largest absolute Gasteiger partial charge is 0.438 e. The number of ether oxygens (including phenoxy) is 1. The van der Waals surface area contributed by atoms with Gasteiger partial charge in [0.1, 0.15) is 17.0 Å². The van der Waals surface area contributed by atoms with Crippen LogP contribution in [0, 0.1) is 6.92 Å². The first-order valence-electron chi connectivity index (χ1n) is 7.17. The predicted molar refractivity (Wildman–Crippen MR) is 79.6 cm³/mol. The molecule has 1 aliphatic rings. The van der Waals surface area contributed by atoms with Gasteiger partial charge in [0.05, 0.1) is 6.20 Å². The zero-order valence-corrected chi connectivity index (χ0v) is 12.1. The fraction of sp³-hybridized carbons (Fsp3) is 0.312. The molecule has 5 nitrogen and oxygen atoms in total. The zero-order chi connectivity index (χ0) is 14.4. The Morgan fingerprint density at radius 2 is 2.00 bits per heavy atom. The number of benzene rings is 1. The molecule has 0 bridgehead atoms. The average Bonchev–Trinajstić information content (AvgIpc) is 3.06. The minimum atomic E-state index is 0.573. The highest BCUT2D eigenvalue weighted by molar-refractivity contribution is 5.80. The Morgan fingerprint density at radius 1 is 1.14 bits per heavy atom. The van der Waals surface area contributed by atoms with Crippen LogP contribution in [-0.4, -0.2) is 19.7 Å². The van der Waals surface area contributed by atoms with Gasteiger partial charge in [-0.05, 0) is 49.4 Å². The Hall–Kier alpha value is -2.43. The first-order chi connectivity index (χ1) is 10.2. The van der Waals surface area contributed by atoms with Crippen molar-refractivity contribution in [2.45, 2.75) is 26.2 Å². The molecule has 2 heterocycles. The van der Waals surface area contributed by atoms with Crippen molar-refractivity contribution in [3.63, 3.8) is 0 Å². The van der Waals surface area contributed by atoms with Crippen molar-refractivity contribution in [1.82, 2.24) is 19.7 Å². The summed E-state index contributed by atoms with van der Waals surface area (Å²) in [7, 11) is 1.87. The molecule has 1 aliphatic carbocycles. The van der Waals surface area contributed by atoms with Crippen LogP contribution in [0.3, 0.4) is 0 Å². The number of aromatic nitrogens is 4. The molecule has 5 heteroatoms. The molecular formula is C16H16N4O. The summed E-state index contributed by atoms with van der Waals surface area (Å²) in [5, 5.41) is 5.07. The normalized spacial score (nSPS) is 13.6. The molecule has 0 radical (unpaired) electrons. The van der Waals surface area contributed by atoms with E-state index in [0.29, 0.717) is 11.7 Å². The van der Waals surface area contributed by atoms with Crippen LogP contribution in [0.1, 0.15) is 23.4 Å². The third kappa shape index (κ3) is 2.05. The minimum absolute atomic E-state index is 0.573. The summed E-state index contributed by atoms with van der Waals surface area (Å²) in [6.07, 6.45) is 5.29. The maximum Gasteiger partial charge on any atom is 0.233 e. The van der Waals surface area contributed by atoms with E-state index < -0.39 is 0 Å². The summed E-state index contributed by atoms with van der Waals surface area (Å²) in [5.74, 6) is 2.09. The van der Waals surface area contributed by atoms with Crippen LogP contribution in [0.5, 0.6) is 11.6 Å². The van der Waals surface area contributed by atoms with E-state index in [0.717, 1.165) is 23.2 Å². The summed E-state index contributed by atoms with van der Waals surface area (Å²) >= 11 is 0. The zero-order valence-electron chi connectivity index (χ0n) is 12.1. The van der Waals surface area contributed by atoms with Gasteiger partial charge in [0.15, 0.2) is 5.65 Å². The first-order valence-corrected chi connectivity index (χ1v) is 7.17. The van der Waals surface area contributed by atoms with E-state index in [4.69, 9.17) is 4.74 Å². The van der Waals surface area contributed by atoms with E-state index in [1.807, 2.05) is 20.0 Å². The standard InChI is InChI=1S/C16H16N4O/c1-10-18-15-14(9-17-20(15)2)16(19-10)21-13-7-6-11-4-3-5-12(11)8-13/h6-9H,3-5H2,1-2H3. The number of aryl methyl sites for hydroxylation is 4. The van der Waals surface area contributed by atoms with Gasteiger partial charge >= 0.3 is 0 Å². The second-order valence-corrected chi connectivity index (χ2v) is 5.47. The van der Waals surface area contributed by atoms with Gasteiger partial charge in [0, 0.05) is 7.05 Å². The molecule has 3 aromatic rings. The molecule has 0 fully saturated rings. The Kier molecular flexibility index (Phi) is 2.67. The lowest BCUT2D eigenvalue weighted by Gasteiger charge is -2.08. The Bertz CT molecular complexity index is 838. The van der Waals surface area contributed by atoms with Gasteiger partial charge in [-0.25, -0.2) is 4.98 Å². The monoisotopic (exact) mass is 280 g/mol. The van der Waals surface area contributed by atoms with E-state index in [1.165, 1.54) is 24.0 Å². The number of rotatable bonds is 2. The smallest absolute Gasteiger partial charge is 0.233 e. The fourth-order valence-corrected chi connectivity index (χ4v) is 2.90. The lowest BCUT2D eigenvalue weighted by atomic mass is 10.1. The third-order valence-electron chi connectivity index (χ3n) is 3.95. The van der Waals surface area contributed by atoms with Crippen LogP contribution < -0.4 is 4.74 Å². The molecule has 0 amide bonds. The number of fused-ring (bicyclic) bond motifs is 2. The Morgan fingerprint density at radius 3 is 2.90 bits per heavy atom. The van der Waals surface area contributed by atoms with Crippen LogP contribution >= 0.6 is 0 Å². The van der Waals surface area contributed by atoms with Crippen molar-refractivity contribution in [1.29, 1.82) is 0 Å². The highest BCUT2D eigenvalue weighted by Gasteiger charge is 2.14. The molecule has 106 valence electrons. The number of hydrogen-bond acceptors (Lipinski definition) is 4. The van der Waals surface area contributed by atoms with Crippen molar-refractivity contribution < 1.29 is 4.74 Å². The summed E-state index contributed by atoms with van der Waals surface area (Å²) in [4.78, 5) is 8.82. The molecule has 0 spiro atoms. The van der Waals surface area contributed by atoms with Crippen LogP contribution in [0.25, 0.3) is 11.0 Å². The Labute approximate surface area is 122 Å². The molecule has 1 aromatic carbocycles. The van der Waals surface area contributed by atoms with E-state index in [1.54, 1.807) is 10.9 Å². The molecule has 21 heavy (non-hydrogen) atoms. The van der Waals surface area contributed by atoms with Gasteiger partial charge in [-0.1, -0.05) is 6.07 Å². The van der Waals surface area contributed by atoms with Gasteiger partial charge in [0.25, 0.3) is 0 Å². The SMILES string of the molecule is Cc1nc(Oc2ccc3c(c2)CCC3)c2cnn(C)c2n1. The van der Waals surface area contributed by atoms with Crippen LogP contribution in [0.2, 0.25) is 0 Å². The van der Waals surface area contributed by atoms with Gasteiger partial charge < -0.3 is 4.74 Å². The lowest BCUT2D eigenvalue weighted by Crippen LogP contribution is -1.98. The molecule has 0 unspecified atom stereocenters. The molecule has 4 rings (SSSR count). The average molecular weight is 280 g/mol. The summed E-state index contributed by atoms with van der Waals surface area (Å²) in [6, 6.07) is 6.30. The van der Waals surface area contributed by atoms with Crippen LogP contribution in [-0.2, 0) is 19.9 Å². The van der Waals surface area contributed by atoms with E-state index in [9.17, 15) is 0 Å². The maximum atomic E-state index is 6.01. The second kappa shape index (κ2) is 4.55. The van der Waals surface area contributed by atoms with Gasteiger partial charge in [-0.15, -0.1) is 0 Å². The van der Waals surface area contributed by atoms with Crippen LogP contribution in [0.15, 0.2) is 24.4 Å². The second-order valence-electron chi connectivity index (χ2n) is 5.47. The van der Waals surface area contributed by atoms with E-state index >= 15 is 0 Å². The minimum Gasteiger partial charge on any atom is -0.438 e. The molecule has 0 atom stereocenters. The first kappa shape index (κ1) is 12.3. The lowest BCUT2D eigenvalue weighted by molar-refractivity contribution is 0.466. The maximum absolute atomic E-state index is 6.01. The summed E-state index contributed by atoms with van der Waals surface area (Å²) in [5.41, 5.74) is 3.62. The molecule has 0 saturated carbocycles. The van der Waals surface area contributed by atoms with Crippen molar-refractivity contribution in [3.05, 3.63) is 41.3 Å². The number of nitrogens with zero attached hydrogens (tertiary/aromatic N) is 4. The summed E-state index contributed by atoms with van der Waals surface area (Å²) < 4.78 is 7.74. The topological polar surface area (TPSA) is 52.8 Å². The van der Waals surface area contributed by atoms with Gasteiger partial charge in [-0.3, -0.25) is 4.68 Å². The highest BCUT2D eigenvalue weighted by Crippen LogP contribution is 2.31. The molecule has 0 saturated heterocycles. The van der Waals surface area contributed by atoms with E-state index in [-0.39, 0.29) is 0 Å². The van der Waals surface area contributed by atoms with Crippen LogP contribution in [0.4, 0.5) is 0 Å². The molecular weight excluding hydrogens is 264 g/mol.